The van der Waals surface area contributed by atoms with Gasteiger partial charge in [0.1, 0.15) is 18.3 Å². The number of alkyl halides is 3. The predicted octanol–water partition coefficient (Wildman–Crippen LogP) is 4.20. The van der Waals surface area contributed by atoms with Crippen molar-refractivity contribution in [2.75, 3.05) is 19.9 Å². The number of carbonyl (C=O) groups is 1. The zero-order valence-electron chi connectivity index (χ0n) is 20.6. The first-order chi connectivity index (χ1) is 17.7. The number of esters is 1. The van der Waals surface area contributed by atoms with Crippen molar-refractivity contribution in [2.45, 2.75) is 45.5 Å². The van der Waals surface area contributed by atoms with Gasteiger partial charge in [0.25, 0.3) is 5.56 Å². The second-order valence-corrected chi connectivity index (χ2v) is 8.84. The molecule has 0 spiro atoms. The summed E-state index contributed by atoms with van der Waals surface area (Å²) in [4.78, 5) is 33.1. The summed E-state index contributed by atoms with van der Waals surface area (Å²) in [6.45, 7) is 4.68. The Balaban J connectivity index is 1.51. The molecule has 4 rings (SSSR count). The summed E-state index contributed by atoms with van der Waals surface area (Å²) in [5, 5.41) is 0. The van der Waals surface area contributed by atoms with Gasteiger partial charge < -0.3 is 9.47 Å². The van der Waals surface area contributed by atoms with E-state index in [1.54, 1.807) is 38.1 Å². The van der Waals surface area contributed by atoms with Gasteiger partial charge in [0.2, 0.25) is 0 Å². The highest BCUT2D eigenvalue weighted by Crippen LogP contribution is 2.24. The Labute approximate surface area is 212 Å². The minimum atomic E-state index is -4.26. The first-order valence-electron chi connectivity index (χ1n) is 12.0. The number of hydrogen-bond donors (Lipinski definition) is 0. The van der Waals surface area contributed by atoms with Crippen molar-refractivity contribution in [2.24, 2.45) is 0 Å². The van der Waals surface area contributed by atoms with Crippen molar-refractivity contribution >= 4 is 5.97 Å². The molecular weight excluding hydrogens is 487 g/mol. The fourth-order valence-electron chi connectivity index (χ4n) is 4.44. The standard InChI is InChI=1S/C27H28F3N3O4/c1-3-36-26(35)24(20-7-5-4-6-8-20)33-18(2)31-23-16-32(14-13-22(23)25(33)34)17-37-21-11-9-19(10-12-21)15-27(28,29)30/h4-12,24H,3,13-17H2,1-2H3. The fourth-order valence-corrected chi connectivity index (χ4v) is 4.44. The Bertz CT molecular complexity index is 1290. The number of benzene rings is 2. The van der Waals surface area contributed by atoms with Gasteiger partial charge >= 0.3 is 12.1 Å². The highest BCUT2D eigenvalue weighted by molar-refractivity contribution is 5.78. The van der Waals surface area contributed by atoms with Crippen LogP contribution in [0.15, 0.2) is 59.4 Å². The number of halogens is 3. The Kier molecular flexibility index (Phi) is 7.97. The van der Waals surface area contributed by atoms with E-state index in [1.165, 1.54) is 28.8 Å². The highest BCUT2D eigenvalue weighted by Gasteiger charge is 2.31. The fraction of sp³-hybridized carbons (Fsp3) is 0.370. The minimum absolute atomic E-state index is 0.166. The summed E-state index contributed by atoms with van der Waals surface area (Å²) in [6.07, 6.45) is -4.83. The van der Waals surface area contributed by atoms with Crippen LogP contribution >= 0.6 is 0 Å². The summed E-state index contributed by atoms with van der Waals surface area (Å²) in [5.41, 5.74) is 1.69. The Morgan fingerprint density at radius 3 is 2.46 bits per heavy atom. The van der Waals surface area contributed by atoms with Gasteiger partial charge in [-0.3, -0.25) is 14.3 Å². The summed E-state index contributed by atoms with van der Waals surface area (Å²) < 4.78 is 50.1. The topological polar surface area (TPSA) is 73.7 Å². The summed E-state index contributed by atoms with van der Waals surface area (Å²) >= 11 is 0. The molecule has 3 aromatic rings. The molecule has 1 aliphatic rings. The molecule has 1 aromatic heterocycles. The minimum Gasteiger partial charge on any atom is -0.478 e. The molecule has 0 aliphatic carbocycles. The number of hydrogen-bond acceptors (Lipinski definition) is 6. The van der Waals surface area contributed by atoms with E-state index in [4.69, 9.17) is 9.47 Å². The average molecular weight is 516 g/mol. The lowest BCUT2D eigenvalue weighted by atomic mass is 10.0. The van der Waals surface area contributed by atoms with E-state index in [0.717, 1.165) is 0 Å². The van der Waals surface area contributed by atoms with E-state index in [1.807, 2.05) is 11.0 Å². The van der Waals surface area contributed by atoms with Gasteiger partial charge in [-0.05, 0) is 43.5 Å². The molecule has 2 aromatic carbocycles. The molecule has 0 amide bonds. The molecule has 1 unspecified atom stereocenters. The average Bonchev–Trinajstić information content (AvgIpc) is 2.85. The van der Waals surface area contributed by atoms with E-state index >= 15 is 0 Å². The molecule has 1 aliphatic heterocycles. The van der Waals surface area contributed by atoms with Gasteiger partial charge in [-0.25, -0.2) is 9.78 Å². The van der Waals surface area contributed by atoms with Crippen LogP contribution in [-0.2, 0) is 28.9 Å². The maximum atomic E-state index is 13.6. The zero-order valence-corrected chi connectivity index (χ0v) is 20.6. The van der Waals surface area contributed by atoms with Crippen molar-refractivity contribution in [3.05, 3.63) is 93.2 Å². The molecule has 7 nitrogen and oxygen atoms in total. The van der Waals surface area contributed by atoms with Gasteiger partial charge in [-0.15, -0.1) is 0 Å². The van der Waals surface area contributed by atoms with Crippen LogP contribution in [0.25, 0.3) is 0 Å². The molecular formula is C27H28F3N3O4. The first kappa shape index (κ1) is 26.4. The van der Waals surface area contributed by atoms with Gasteiger partial charge in [-0.1, -0.05) is 42.5 Å². The number of nitrogens with zero attached hydrogens (tertiary/aromatic N) is 3. The second-order valence-electron chi connectivity index (χ2n) is 8.84. The quantitative estimate of drug-likeness (QED) is 0.419. The third-order valence-electron chi connectivity index (χ3n) is 6.15. The van der Waals surface area contributed by atoms with E-state index < -0.39 is 24.6 Å². The molecule has 196 valence electrons. The largest absolute Gasteiger partial charge is 0.478 e. The first-order valence-corrected chi connectivity index (χ1v) is 12.0. The number of rotatable bonds is 8. The molecule has 0 N–H and O–H groups in total. The molecule has 0 radical (unpaired) electrons. The number of fused-ring (bicyclic) bond motifs is 1. The lowest BCUT2D eigenvalue weighted by Crippen LogP contribution is -2.42. The number of carbonyl (C=O) groups excluding carboxylic acids is 1. The molecule has 0 saturated carbocycles. The van der Waals surface area contributed by atoms with E-state index in [9.17, 15) is 22.8 Å². The SMILES string of the molecule is CCOC(=O)C(c1ccccc1)n1c(C)nc2c(c1=O)CCN(COc1ccc(CC(F)(F)F)cc1)C2. The Morgan fingerprint density at radius 1 is 1.11 bits per heavy atom. The van der Waals surface area contributed by atoms with Crippen LogP contribution in [0.3, 0.4) is 0 Å². The molecule has 10 heteroatoms. The normalized spacial score (nSPS) is 14.6. The maximum absolute atomic E-state index is 13.6. The van der Waals surface area contributed by atoms with E-state index in [-0.39, 0.29) is 24.5 Å². The third kappa shape index (κ3) is 6.37. The van der Waals surface area contributed by atoms with Gasteiger partial charge in [-0.2, -0.15) is 13.2 Å². The van der Waals surface area contributed by atoms with Crippen LogP contribution in [0, 0.1) is 6.92 Å². The molecule has 0 fully saturated rings. The van der Waals surface area contributed by atoms with Crippen LogP contribution in [0.2, 0.25) is 0 Å². The van der Waals surface area contributed by atoms with E-state index in [2.05, 4.69) is 4.98 Å². The summed E-state index contributed by atoms with van der Waals surface area (Å²) in [6, 6.07) is 13.9. The smallest absolute Gasteiger partial charge is 0.393 e. The van der Waals surface area contributed by atoms with Crippen LogP contribution in [-0.4, -0.2) is 46.5 Å². The van der Waals surface area contributed by atoms with Gasteiger partial charge in [0, 0.05) is 18.7 Å². The second kappa shape index (κ2) is 11.2. The number of aromatic nitrogens is 2. The zero-order chi connectivity index (χ0) is 26.6. The Morgan fingerprint density at radius 2 is 1.81 bits per heavy atom. The molecule has 37 heavy (non-hydrogen) atoms. The number of aryl methyl sites for hydroxylation is 1. The van der Waals surface area contributed by atoms with Gasteiger partial charge in [0.05, 0.1) is 18.7 Å². The van der Waals surface area contributed by atoms with Crippen LogP contribution in [0.1, 0.15) is 41.2 Å². The lowest BCUT2D eigenvalue weighted by Gasteiger charge is -2.29. The van der Waals surface area contributed by atoms with Crippen molar-refractivity contribution in [3.63, 3.8) is 0 Å². The van der Waals surface area contributed by atoms with Gasteiger partial charge in [0.15, 0.2) is 6.04 Å². The molecule has 2 heterocycles. The van der Waals surface area contributed by atoms with Crippen molar-refractivity contribution < 1.29 is 27.4 Å². The summed E-state index contributed by atoms with van der Waals surface area (Å²) in [5.74, 6) is 0.331. The third-order valence-corrected chi connectivity index (χ3v) is 6.15. The Hall–Kier alpha value is -3.66. The van der Waals surface area contributed by atoms with Crippen LogP contribution in [0.5, 0.6) is 5.75 Å². The lowest BCUT2D eigenvalue weighted by molar-refractivity contribution is -0.146. The van der Waals surface area contributed by atoms with Crippen LogP contribution < -0.4 is 10.3 Å². The highest BCUT2D eigenvalue weighted by atomic mass is 19.4. The molecule has 0 saturated heterocycles. The van der Waals surface area contributed by atoms with E-state index in [0.29, 0.717) is 47.9 Å². The van der Waals surface area contributed by atoms with Crippen molar-refractivity contribution in [3.8, 4) is 5.75 Å². The monoisotopic (exact) mass is 515 g/mol. The van der Waals surface area contributed by atoms with Crippen molar-refractivity contribution in [1.82, 2.24) is 14.5 Å². The maximum Gasteiger partial charge on any atom is 0.393 e. The van der Waals surface area contributed by atoms with Crippen molar-refractivity contribution in [1.29, 1.82) is 0 Å². The predicted molar refractivity (Wildman–Crippen MR) is 130 cm³/mol. The number of ether oxygens (including phenoxy) is 2. The molecule has 1 atom stereocenters. The van der Waals surface area contributed by atoms with Crippen LogP contribution in [0.4, 0.5) is 13.2 Å². The summed E-state index contributed by atoms with van der Waals surface area (Å²) in [7, 11) is 0. The molecule has 0 bridgehead atoms.